The Hall–Kier alpha value is -1.36. The van der Waals surface area contributed by atoms with Crippen LogP contribution in [-0.2, 0) is 12.0 Å². The lowest BCUT2D eigenvalue weighted by Crippen LogP contribution is -2.45. The molecule has 0 bridgehead atoms. The third kappa shape index (κ3) is 3.20. The van der Waals surface area contributed by atoms with Gasteiger partial charge >= 0.3 is 0 Å². The summed E-state index contributed by atoms with van der Waals surface area (Å²) >= 11 is 0. The summed E-state index contributed by atoms with van der Waals surface area (Å²) in [6, 6.07) is 0.235. The lowest BCUT2D eigenvalue weighted by Gasteiger charge is -2.24. The summed E-state index contributed by atoms with van der Waals surface area (Å²) in [7, 11) is 0. The van der Waals surface area contributed by atoms with Crippen molar-refractivity contribution in [2.75, 3.05) is 13.1 Å². The van der Waals surface area contributed by atoms with Gasteiger partial charge in [0.25, 0.3) is 5.91 Å². The minimum atomic E-state index is -0.101. The van der Waals surface area contributed by atoms with Crippen molar-refractivity contribution >= 4 is 5.91 Å². The molecule has 112 valence electrons. The van der Waals surface area contributed by atoms with Gasteiger partial charge in [-0.15, -0.1) is 0 Å². The minimum Gasteiger partial charge on any atom is -0.348 e. The molecule has 20 heavy (non-hydrogen) atoms. The summed E-state index contributed by atoms with van der Waals surface area (Å²) in [5.41, 5.74) is 1.63. The van der Waals surface area contributed by atoms with Crippen molar-refractivity contribution in [1.82, 2.24) is 20.4 Å². The molecule has 2 rings (SSSR count). The summed E-state index contributed by atoms with van der Waals surface area (Å²) in [5.74, 6) is 0.00560. The third-order valence-electron chi connectivity index (χ3n) is 3.72. The third-order valence-corrected chi connectivity index (χ3v) is 3.72. The standard InChI is InChI=1S/C15H26N4O/c1-5-13-12(10-17-19(13)15(2,3)4)14(20)18-11-7-6-8-16-9-11/h10-11,16H,5-9H2,1-4H3,(H,18,20). The molecule has 1 saturated heterocycles. The molecule has 0 aliphatic carbocycles. The number of piperidine rings is 1. The number of amides is 1. The molecule has 1 amide bonds. The zero-order valence-electron chi connectivity index (χ0n) is 13.0. The molecule has 1 fully saturated rings. The molecule has 0 radical (unpaired) electrons. The Morgan fingerprint density at radius 2 is 2.30 bits per heavy atom. The predicted octanol–water partition coefficient (Wildman–Crippen LogP) is 1.68. The van der Waals surface area contributed by atoms with Crippen molar-refractivity contribution in [3.63, 3.8) is 0 Å². The van der Waals surface area contributed by atoms with Crippen molar-refractivity contribution in [1.29, 1.82) is 0 Å². The molecule has 2 N–H and O–H groups in total. The number of carbonyl (C=O) groups is 1. The van der Waals surface area contributed by atoms with Crippen LogP contribution in [0.25, 0.3) is 0 Å². The van der Waals surface area contributed by atoms with Crippen molar-refractivity contribution in [2.45, 2.75) is 58.5 Å². The van der Waals surface area contributed by atoms with E-state index in [1.807, 2.05) is 4.68 Å². The van der Waals surface area contributed by atoms with Gasteiger partial charge in [0.15, 0.2) is 0 Å². The lowest BCUT2D eigenvalue weighted by molar-refractivity contribution is 0.0929. The van der Waals surface area contributed by atoms with E-state index in [0.29, 0.717) is 5.56 Å². The maximum atomic E-state index is 12.4. The van der Waals surface area contributed by atoms with Gasteiger partial charge in [0.05, 0.1) is 23.0 Å². The van der Waals surface area contributed by atoms with Gasteiger partial charge in [0, 0.05) is 12.6 Å². The van der Waals surface area contributed by atoms with Gasteiger partial charge in [-0.25, -0.2) is 0 Å². The van der Waals surface area contributed by atoms with Crippen LogP contribution in [0.5, 0.6) is 0 Å². The maximum Gasteiger partial charge on any atom is 0.255 e. The molecular formula is C15H26N4O. The van der Waals surface area contributed by atoms with E-state index in [2.05, 4.69) is 43.4 Å². The second-order valence-corrected chi connectivity index (χ2v) is 6.46. The molecule has 1 aliphatic heterocycles. The van der Waals surface area contributed by atoms with Crippen LogP contribution >= 0.6 is 0 Å². The smallest absolute Gasteiger partial charge is 0.255 e. The van der Waals surface area contributed by atoms with Crippen LogP contribution in [0.4, 0.5) is 0 Å². The van der Waals surface area contributed by atoms with Crippen LogP contribution in [0.2, 0.25) is 0 Å². The van der Waals surface area contributed by atoms with E-state index < -0.39 is 0 Å². The molecule has 5 heteroatoms. The van der Waals surface area contributed by atoms with Crippen molar-refractivity contribution in [3.05, 3.63) is 17.5 Å². The fourth-order valence-electron chi connectivity index (χ4n) is 2.72. The lowest BCUT2D eigenvalue weighted by atomic mass is 10.1. The molecule has 0 saturated carbocycles. The Bertz CT molecular complexity index is 467. The van der Waals surface area contributed by atoms with E-state index in [-0.39, 0.29) is 17.5 Å². The number of carbonyl (C=O) groups excluding carboxylic acids is 1. The molecule has 0 aromatic carbocycles. The van der Waals surface area contributed by atoms with Crippen LogP contribution in [-0.4, -0.2) is 34.8 Å². The van der Waals surface area contributed by atoms with E-state index in [4.69, 9.17) is 0 Å². The average molecular weight is 278 g/mol. The molecule has 0 spiro atoms. The summed E-state index contributed by atoms with van der Waals surface area (Å²) in [6.07, 6.45) is 4.68. The van der Waals surface area contributed by atoms with Crippen molar-refractivity contribution in [2.24, 2.45) is 0 Å². The molecule has 2 heterocycles. The minimum absolute atomic E-state index is 0.00560. The largest absolute Gasteiger partial charge is 0.348 e. The topological polar surface area (TPSA) is 59.0 Å². The number of rotatable bonds is 3. The van der Waals surface area contributed by atoms with E-state index >= 15 is 0 Å². The van der Waals surface area contributed by atoms with Crippen molar-refractivity contribution < 1.29 is 4.79 Å². The van der Waals surface area contributed by atoms with Gasteiger partial charge in [-0.3, -0.25) is 9.48 Å². The van der Waals surface area contributed by atoms with Gasteiger partial charge in [-0.2, -0.15) is 5.10 Å². The first-order valence-corrected chi connectivity index (χ1v) is 7.52. The van der Waals surface area contributed by atoms with Crippen molar-refractivity contribution in [3.8, 4) is 0 Å². The Morgan fingerprint density at radius 3 is 2.85 bits per heavy atom. The summed E-state index contributed by atoms with van der Waals surface area (Å²) in [4.78, 5) is 12.4. The highest BCUT2D eigenvalue weighted by Gasteiger charge is 2.24. The maximum absolute atomic E-state index is 12.4. The fraction of sp³-hybridized carbons (Fsp3) is 0.733. The van der Waals surface area contributed by atoms with Crippen LogP contribution in [0.3, 0.4) is 0 Å². The van der Waals surface area contributed by atoms with Crippen LogP contribution in [0.15, 0.2) is 6.20 Å². The Balaban J connectivity index is 2.15. The number of nitrogens with one attached hydrogen (secondary N) is 2. The molecule has 1 aromatic heterocycles. The summed E-state index contributed by atoms with van der Waals surface area (Å²) < 4.78 is 1.96. The molecule has 1 unspecified atom stereocenters. The van der Waals surface area contributed by atoms with Crippen LogP contribution < -0.4 is 10.6 Å². The van der Waals surface area contributed by atoms with Gasteiger partial charge in [0.2, 0.25) is 0 Å². The van der Waals surface area contributed by atoms with E-state index in [0.717, 1.165) is 38.0 Å². The highest BCUT2D eigenvalue weighted by atomic mass is 16.1. The highest BCUT2D eigenvalue weighted by Crippen LogP contribution is 2.20. The van der Waals surface area contributed by atoms with Gasteiger partial charge in [0.1, 0.15) is 0 Å². The number of aromatic nitrogens is 2. The normalized spacial score (nSPS) is 19.9. The molecular weight excluding hydrogens is 252 g/mol. The average Bonchev–Trinajstić information content (AvgIpc) is 2.83. The second kappa shape index (κ2) is 5.95. The quantitative estimate of drug-likeness (QED) is 0.884. The second-order valence-electron chi connectivity index (χ2n) is 6.46. The van der Waals surface area contributed by atoms with Gasteiger partial charge in [-0.05, 0) is 46.6 Å². The van der Waals surface area contributed by atoms with Gasteiger partial charge < -0.3 is 10.6 Å². The monoisotopic (exact) mass is 278 g/mol. The highest BCUT2D eigenvalue weighted by molar-refractivity contribution is 5.95. The molecule has 1 atom stereocenters. The van der Waals surface area contributed by atoms with Crippen LogP contribution in [0.1, 0.15) is 56.6 Å². The number of hydrogen-bond acceptors (Lipinski definition) is 3. The Labute approximate surface area is 121 Å². The van der Waals surface area contributed by atoms with Gasteiger partial charge in [-0.1, -0.05) is 6.92 Å². The molecule has 1 aliphatic rings. The zero-order valence-corrected chi connectivity index (χ0v) is 13.0. The number of hydrogen-bond donors (Lipinski definition) is 2. The molecule has 1 aromatic rings. The Morgan fingerprint density at radius 1 is 1.55 bits per heavy atom. The number of nitrogens with zero attached hydrogens (tertiary/aromatic N) is 2. The first-order valence-electron chi connectivity index (χ1n) is 7.52. The first kappa shape index (κ1) is 15.0. The predicted molar refractivity (Wildman–Crippen MR) is 80.0 cm³/mol. The summed E-state index contributed by atoms with van der Waals surface area (Å²) in [6.45, 7) is 10.3. The SMILES string of the molecule is CCc1c(C(=O)NC2CCCNC2)cnn1C(C)(C)C. The van der Waals surface area contributed by atoms with Crippen LogP contribution in [0, 0.1) is 0 Å². The molecule has 5 nitrogen and oxygen atoms in total. The zero-order chi connectivity index (χ0) is 14.8. The fourth-order valence-corrected chi connectivity index (χ4v) is 2.72. The van der Waals surface area contributed by atoms with E-state index in [1.54, 1.807) is 6.20 Å². The first-order chi connectivity index (χ1) is 9.43. The summed E-state index contributed by atoms with van der Waals surface area (Å²) in [5, 5.41) is 10.8. The van der Waals surface area contributed by atoms with E-state index in [1.165, 1.54) is 0 Å². The van der Waals surface area contributed by atoms with E-state index in [9.17, 15) is 4.79 Å². The Kier molecular flexibility index (Phi) is 4.48.